The Balaban J connectivity index is 2.47. The third-order valence-corrected chi connectivity index (χ3v) is 1.94. The van der Waals surface area contributed by atoms with Gasteiger partial charge in [-0.1, -0.05) is 6.58 Å². The van der Waals surface area contributed by atoms with E-state index in [0.29, 0.717) is 0 Å². The molecule has 0 saturated carbocycles. The molecule has 1 aliphatic rings. The second-order valence-electron chi connectivity index (χ2n) is 2.98. The maximum atomic E-state index is 4.14. The predicted molar refractivity (Wildman–Crippen MR) is 49.2 cm³/mol. The van der Waals surface area contributed by atoms with E-state index >= 15 is 0 Å². The van der Waals surface area contributed by atoms with Crippen molar-refractivity contribution in [1.82, 2.24) is 14.7 Å². The second kappa shape index (κ2) is 2.52. The van der Waals surface area contributed by atoms with Crippen LogP contribution in [0.4, 0.5) is 0 Å². The normalized spacial score (nSPS) is 16.1. The Bertz CT molecular complexity index is 335. The van der Waals surface area contributed by atoms with Crippen LogP contribution in [0.2, 0.25) is 0 Å². The van der Waals surface area contributed by atoms with Gasteiger partial charge in [-0.2, -0.15) is 5.10 Å². The molecule has 0 saturated heterocycles. The lowest BCUT2D eigenvalue weighted by Crippen LogP contribution is -2.11. The topological polar surface area (TPSA) is 21.1 Å². The van der Waals surface area contributed by atoms with Crippen LogP contribution >= 0.6 is 0 Å². The van der Waals surface area contributed by atoms with Gasteiger partial charge in [0.15, 0.2) is 0 Å². The van der Waals surface area contributed by atoms with E-state index in [1.54, 1.807) is 6.20 Å². The molecule has 0 unspecified atom stereocenters. The van der Waals surface area contributed by atoms with Gasteiger partial charge < -0.3 is 4.90 Å². The van der Waals surface area contributed by atoms with Gasteiger partial charge in [-0.15, -0.1) is 0 Å². The number of aromatic nitrogens is 2. The molecule has 1 aliphatic heterocycles. The molecule has 0 aliphatic carbocycles. The summed E-state index contributed by atoms with van der Waals surface area (Å²) in [5.41, 5.74) is 2.19. The van der Waals surface area contributed by atoms with Crippen molar-refractivity contribution in [3.63, 3.8) is 0 Å². The summed E-state index contributed by atoms with van der Waals surface area (Å²) >= 11 is 0. The molecule has 3 heteroatoms. The molecule has 12 heavy (non-hydrogen) atoms. The first-order valence-corrected chi connectivity index (χ1v) is 3.87. The van der Waals surface area contributed by atoms with Crippen molar-refractivity contribution in [1.29, 1.82) is 0 Å². The van der Waals surface area contributed by atoms with Crippen LogP contribution in [-0.2, 0) is 0 Å². The van der Waals surface area contributed by atoms with Crippen molar-refractivity contribution in [2.24, 2.45) is 0 Å². The SMILES string of the molecule is C=C1CN(C)C=Cn2nccc21. The van der Waals surface area contributed by atoms with Gasteiger partial charge in [0.2, 0.25) is 0 Å². The Morgan fingerprint density at radius 3 is 3.17 bits per heavy atom. The van der Waals surface area contributed by atoms with E-state index in [1.165, 1.54) is 0 Å². The predicted octanol–water partition coefficient (Wildman–Crippen LogP) is 1.27. The first-order valence-electron chi connectivity index (χ1n) is 3.87. The van der Waals surface area contributed by atoms with Crippen LogP contribution in [0, 0.1) is 0 Å². The van der Waals surface area contributed by atoms with Crippen molar-refractivity contribution >= 4 is 11.8 Å². The summed E-state index contributed by atoms with van der Waals surface area (Å²) in [6.45, 7) is 4.86. The Morgan fingerprint density at radius 2 is 2.33 bits per heavy atom. The highest BCUT2D eigenvalue weighted by Gasteiger charge is 2.08. The summed E-state index contributed by atoms with van der Waals surface area (Å²) in [5.74, 6) is 0. The first-order chi connectivity index (χ1) is 5.77. The Morgan fingerprint density at radius 1 is 1.50 bits per heavy atom. The lowest BCUT2D eigenvalue weighted by Gasteiger charge is -2.11. The smallest absolute Gasteiger partial charge is 0.0706 e. The number of likely N-dealkylation sites (N-methyl/N-ethyl adjacent to an activating group) is 1. The molecular formula is C9H11N3. The van der Waals surface area contributed by atoms with Gasteiger partial charge >= 0.3 is 0 Å². The summed E-state index contributed by atoms with van der Waals surface area (Å²) in [6, 6.07) is 1.98. The van der Waals surface area contributed by atoms with Gasteiger partial charge in [-0.05, 0) is 11.6 Å². The van der Waals surface area contributed by atoms with Crippen LogP contribution in [-0.4, -0.2) is 28.3 Å². The fourth-order valence-electron chi connectivity index (χ4n) is 1.32. The Hall–Kier alpha value is -1.51. The van der Waals surface area contributed by atoms with Crippen LogP contribution in [0.3, 0.4) is 0 Å². The standard InChI is InChI=1S/C9H11N3/c1-8-7-11(2)5-6-12-9(8)3-4-10-12/h3-6H,1,7H2,2H3. The zero-order chi connectivity index (χ0) is 8.55. The van der Waals surface area contributed by atoms with Gasteiger partial charge in [0.25, 0.3) is 0 Å². The van der Waals surface area contributed by atoms with E-state index in [4.69, 9.17) is 0 Å². The van der Waals surface area contributed by atoms with Gasteiger partial charge in [-0.3, -0.25) is 0 Å². The molecule has 2 rings (SSSR count). The van der Waals surface area contributed by atoms with Gasteiger partial charge in [0.05, 0.1) is 5.69 Å². The summed E-state index contributed by atoms with van der Waals surface area (Å²) in [4.78, 5) is 2.08. The number of hydrogen-bond donors (Lipinski definition) is 0. The van der Waals surface area contributed by atoms with E-state index < -0.39 is 0 Å². The molecular weight excluding hydrogens is 150 g/mol. The molecule has 0 radical (unpaired) electrons. The summed E-state index contributed by atoms with van der Waals surface area (Å²) in [6.07, 6.45) is 5.72. The van der Waals surface area contributed by atoms with Crippen molar-refractivity contribution in [2.75, 3.05) is 13.6 Å². The molecule has 1 aromatic heterocycles. The highest BCUT2D eigenvalue weighted by Crippen LogP contribution is 2.16. The summed E-state index contributed by atoms with van der Waals surface area (Å²) in [7, 11) is 2.02. The van der Waals surface area contributed by atoms with E-state index in [9.17, 15) is 0 Å². The van der Waals surface area contributed by atoms with E-state index in [0.717, 1.165) is 17.8 Å². The summed E-state index contributed by atoms with van der Waals surface area (Å²) < 4.78 is 1.84. The van der Waals surface area contributed by atoms with Crippen molar-refractivity contribution < 1.29 is 0 Å². The quantitative estimate of drug-likeness (QED) is 0.571. The van der Waals surface area contributed by atoms with Gasteiger partial charge in [-0.25, -0.2) is 4.68 Å². The maximum absolute atomic E-state index is 4.14. The van der Waals surface area contributed by atoms with Crippen molar-refractivity contribution in [3.05, 3.63) is 30.7 Å². The van der Waals surface area contributed by atoms with Crippen LogP contribution in [0.5, 0.6) is 0 Å². The Labute approximate surface area is 71.6 Å². The fourth-order valence-corrected chi connectivity index (χ4v) is 1.32. The molecule has 0 aromatic carbocycles. The molecule has 1 aromatic rings. The second-order valence-corrected chi connectivity index (χ2v) is 2.98. The average molecular weight is 161 g/mol. The lowest BCUT2D eigenvalue weighted by molar-refractivity contribution is 0.522. The number of rotatable bonds is 0. The van der Waals surface area contributed by atoms with Gasteiger partial charge in [0.1, 0.15) is 0 Å². The zero-order valence-corrected chi connectivity index (χ0v) is 7.07. The van der Waals surface area contributed by atoms with Crippen molar-refractivity contribution in [2.45, 2.75) is 0 Å². The lowest BCUT2D eigenvalue weighted by atomic mass is 10.2. The van der Waals surface area contributed by atoms with E-state index in [-0.39, 0.29) is 0 Å². The molecule has 0 atom stereocenters. The minimum absolute atomic E-state index is 0.863. The van der Waals surface area contributed by atoms with Gasteiger partial charge in [0, 0.05) is 32.2 Å². The molecule has 0 amide bonds. The number of fused-ring (bicyclic) bond motifs is 1. The largest absolute Gasteiger partial charge is 0.375 e. The minimum atomic E-state index is 0.863. The molecule has 62 valence electrons. The molecule has 0 spiro atoms. The van der Waals surface area contributed by atoms with E-state index in [2.05, 4.69) is 16.6 Å². The monoisotopic (exact) mass is 161 g/mol. The highest BCUT2D eigenvalue weighted by atomic mass is 15.3. The average Bonchev–Trinajstić information content (AvgIpc) is 2.43. The number of hydrogen-bond acceptors (Lipinski definition) is 2. The highest BCUT2D eigenvalue weighted by molar-refractivity contribution is 5.64. The van der Waals surface area contributed by atoms with Crippen LogP contribution in [0.1, 0.15) is 5.69 Å². The molecule has 2 heterocycles. The number of nitrogens with zero attached hydrogens (tertiary/aromatic N) is 3. The van der Waals surface area contributed by atoms with E-state index in [1.807, 2.05) is 30.2 Å². The molecule has 0 N–H and O–H groups in total. The molecule has 0 fully saturated rings. The minimum Gasteiger partial charge on any atom is -0.375 e. The fraction of sp³-hybridized carbons (Fsp3) is 0.222. The third kappa shape index (κ3) is 1.03. The zero-order valence-electron chi connectivity index (χ0n) is 7.07. The van der Waals surface area contributed by atoms with Crippen molar-refractivity contribution in [3.8, 4) is 0 Å². The van der Waals surface area contributed by atoms with Crippen LogP contribution < -0.4 is 0 Å². The Kier molecular flexibility index (Phi) is 1.50. The third-order valence-electron chi connectivity index (χ3n) is 1.94. The molecule has 0 bridgehead atoms. The maximum Gasteiger partial charge on any atom is 0.0706 e. The first kappa shape index (κ1) is 7.16. The van der Waals surface area contributed by atoms with Crippen LogP contribution in [0.25, 0.3) is 11.8 Å². The van der Waals surface area contributed by atoms with Crippen LogP contribution in [0.15, 0.2) is 25.0 Å². The summed E-state index contributed by atoms with van der Waals surface area (Å²) in [5, 5.41) is 4.14. The molecule has 3 nitrogen and oxygen atoms in total.